The maximum absolute atomic E-state index is 13.0. The van der Waals surface area contributed by atoms with E-state index in [4.69, 9.17) is 4.98 Å². The Labute approximate surface area is 139 Å². The van der Waals surface area contributed by atoms with Gasteiger partial charge in [-0.1, -0.05) is 54.6 Å². The molecule has 0 fully saturated rings. The van der Waals surface area contributed by atoms with Gasteiger partial charge in [0, 0.05) is 10.9 Å². The van der Waals surface area contributed by atoms with Gasteiger partial charge in [0.15, 0.2) is 0 Å². The van der Waals surface area contributed by atoms with Gasteiger partial charge in [0.2, 0.25) is 0 Å². The first kappa shape index (κ1) is 14.6. The normalized spacial score (nSPS) is 11.0. The largest absolute Gasteiger partial charge is 0.326 e. The summed E-state index contributed by atoms with van der Waals surface area (Å²) < 4.78 is 14.8. The molecule has 0 spiro atoms. The molecule has 2 aromatic carbocycles. The lowest BCUT2D eigenvalue weighted by Gasteiger charge is -2.09. The zero-order chi connectivity index (χ0) is 16.4. The highest BCUT2D eigenvalue weighted by Gasteiger charge is 2.16. The van der Waals surface area contributed by atoms with E-state index in [0.717, 1.165) is 33.5 Å². The summed E-state index contributed by atoms with van der Waals surface area (Å²) in [6.45, 7) is -0.172. The molecule has 4 heteroatoms. The van der Waals surface area contributed by atoms with Gasteiger partial charge in [0.25, 0.3) is 0 Å². The van der Waals surface area contributed by atoms with E-state index < -0.39 is 6.67 Å². The molecule has 0 unspecified atom stereocenters. The summed E-state index contributed by atoms with van der Waals surface area (Å²) in [6, 6.07) is 21.9. The van der Waals surface area contributed by atoms with Crippen LogP contribution in [-0.2, 0) is 6.54 Å². The molecule has 4 aromatic rings. The zero-order valence-corrected chi connectivity index (χ0v) is 13.1. The smallest absolute Gasteiger partial charge is 0.107 e. The molecule has 0 aliphatic rings. The van der Waals surface area contributed by atoms with Crippen molar-refractivity contribution in [1.82, 2.24) is 14.5 Å². The van der Waals surface area contributed by atoms with Crippen LogP contribution in [0.5, 0.6) is 0 Å². The number of alkyl halides is 1. The van der Waals surface area contributed by atoms with Gasteiger partial charge in [-0.05, 0) is 12.1 Å². The number of pyridine rings is 1. The molecule has 4 rings (SSSR count). The second-order valence-corrected chi connectivity index (χ2v) is 5.58. The predicted molar refractivity (Wildman–Crippen MR) is 94.4 cm³/mol. The van der Waals surface area contributed by atoms with Crippen molar-refractivity contribution in [3.63, 3.8) is 0 Å². The maximum Gasteiger partial charge on any atom is 0.107 e. The third-order valence-electron chi connectivity index (χ3n) is 4.05. The Balaban J connectivity index is 1.92. The van der Waals surface area contributed by atoms with Gasteiger partial charge in [0.1, 0.15) is 6.67 Å². The van der Waals surface area contributed by atoms with Gasteiger partial charge >= 0.3 is 0 Å². The fraction of sp³-hybridized carbons (Fsp3) is 0.100. The van der Waals surface area contributed by atoms with Crippen molar-refractivity contribution in [3.8, 4) is 22.6 Å². The van der Waals surface area contributed by atoms with E-state index in [1.165, 1.54) is 0 Å². The molecule has 3 nitrogen and oxygen atoms in total. The van der Waals surface area contributed by atoms with E-state index in [1.807, 2.05) is 71.3 Å². The van der Waals surface area contributed by atoms with E-state index in [-0.39, 0.29) is 6.54 Å². The molecule has 0 aliphatic heterocycles. The maximum atomic E-state index is 13.0. The van der Waals surface area contributed by atoms with Crippen LogP contribution in [0.1, 0.15) is 0 Å². The van der Waals surface area contributed by atoms with E-state index in [9.17, 15) is 4.39 Å². The molecule has 24 heavy (non-hydrogen) atoms. The summed E-state index contributed by atoms with van der Waals surface area (Å²) in [7, 11) is 0. The minimum absolute atomic E-state index is 0.268. The Bertz CT molecular complexity index is 977. The number of benzene rings is 2. The molecule has 2 heterocycles. The fourth-order valence-corrected chi connectivity index (χ4v) is 2.92. The van der Waals surface area contributed by atoms with Gasteiger partial charge in [-0.25, -0.2) is 14.4 Å². The quantitative estimate of drug-likeness (QED) is 0.544. The summed E-state index contributed by atoms with van der Waals surface area (Å²) in [5.74, 6) is 0. The fourth-order valence-electron chi connectivity index (χ4n) is 2.92. The lowest BCUT2D eigenvalue weighted by Crippen LogP contribution is -2.02. The van der Waals surface area contributed by atoms with E-state index in [2.05, 4.69) is 4.98 Å². The highest BCUT2D eigenvalue weighted by Crippen LogP contribution is 2.31. The molecule has 0 aliphatic carbocycles. The SMILES string of the molecule is FCCn1cnc(-c2ccccc2)c1-c1ccc2ccccc2n1. The average Bonchev–Trinajstić information content (AvgIpc) is 3.06. The number of fused-ring (bicyclic) bond motifs is 1. The van der Waals surface area contributed by atoms with E-state index >= 15 is 0 Å². The highest BCUT2D eigenvalue weighted by atomic mass is 19.1. The highest BCUT2D eigenvalue weighted by molar-refractivity contribution is 5.84. The number of para-hydroxylation sites is 1. The van der Waals surface area contributed by atoms with Crippen molar-refractivity contribution < 1.29 is 4.39 Å². The number of imidazole rings is 1. The topological polar surface area (TPSA) is 30.7 Å². The molecular weight excluding hydrogens is 301 g/mol. The van der Waals surface area contributed by atoms with Crippen molar-refractivity contribution in [1.29, 1.82) is 0 Å². The van der Waals surface area contributed by atoms with Crippen molar-refractivity contribution in [2.24, 2.45) is 0 Å². The van der Waals surface area contributed by atoms with Gasteiger partial charge in [-0.15, -0.1) is 0 Å². The molecule has 0 amide bonds. The van der Waals surface area contributed by atoms with Crippen molar-refractivity contribution >= 4 is 10.9 Å². The third kappa shape index (κ3) is 2.56. The van der Waals surface area contributed by atoms with Crippen molar-refractivity contribution in [3.05, 3.63) is 73.1 Å². The van der Waals surface area contributed by atoms with Gasteiger partial charge in [-0.2, -0.15) is 0 Å². The molecule has 0 saturated heterocycles. The molecule has 0 radical (unpaired) electrons. The van der Waals surface area contributed by atoms with Crippen molar-refractivity contribution in [2.75, 3.05) is 6.67 Å². The number of hydrogen-bond donors (Lipinski definition) is 0. The lowest BCUT2D eigenvalue weighted by molar-refractivity contribution is 0.447. The number of rotatable bonds is 4. The Hall–Kier alpha value is -3.01. The van der Waals surface area contributed by atoms with Crippen LogP contribution in [0.3, 0.4) is 0 Å². The average molecular weight is 317 g/mol. The van der Waals surface area contributed by atoms with Gasteiger partial charge < -0.3 is 4.57 Å². The van der Waals surface area contributed by atoms with Crippen LogP contribution in [0.15, 0.2) is 73.1 Å². The van der Waals surface area contributed by atoms with Crippen LogP contribution in [0.2, 0.25) is 0 Å². The van der Waals surface area contributed by atoms with Crippen LogP contribution in [0, 0.1) is 0 Å². The summed E-state index contributed by atoms with van der Waals surface area (Å²) in [5, 5.41) is 1.08. The number of hydrogen-bond acceptors (Lipinski definition) is 2. The number of aryl methyl sites for hydroxylation is 1. The summed E-state index contributed by atoms with van der Waals surface area (Å²) >= 11 is 0. The Morgan fingerprint density at radius 2 is 1.67 bits per heavy atom. The van der Waals surface area contributed by atoms with Gasteiger partial charge in [-0.3, -0.25) is 0 Å². The molecule has 2 aromatic heterocycles. The molecular formula is C20H16FN3. The molecule has 0 saturated carbocycles. The predicted octanol–water partition coefficient (Wildman–Crippen LogP) is 4.73. The minimum atomic E-state index is -0.439. The van der Waals surface area contributed by atoms with E-state index in [0.29, 0.717) is 0 Å². The molecule has 0 N–H and O–H groups in total. The summed E-state index contributed by atoms with van der Waals surface area (Å²) in [6.07, 6.45) is 1.69. The van der Waals surface area contributed by atoms with E-state index in [1.54, 1.807) is 6.33 Å². The summed E-state index contributed by atoms with van der Waals surface area (Å²) in [5.41, 5.74) is 4.40. The van der Waals surface area contributed by atoms with Crippen LogP contribution in [-0.4, -0.2) is 21.2 Å². The Morgan fingerprint density at radius 3 is 2.50 bits per heavy atom. The number of nitrogens with zero attached hydrogens (tertiary/aromatic N) is 3. The third-order valence-corrected chi connectivity index (χ3v) is 4.05. The Morgan fingerprint density at radius 1 is 0.875 bits per heavy atom. The second-order valence-electron chi connectivity index (χ2n) is 5.58. The minimum Gasteiger partial charge on any atom is -0.326 e. The van der Waals surface area contributed by atoms with Crippen LogP contribution < -0.4 is 0 Å². The standard InChI is InChI=1S/C20H16FN3/c21-12-13-24-14-22-19(16-7-2-1-3-8-16)20(24)18-11-10-15-6-4-5-9-17(15)23-18/h1-11,14H,12-13H2. The number of aromatic nitrogens is 3. The monoisotopic (exact) mass is 317 g/mol. The first-order valence-corrected chi connectivity index (χ1v) is 7.89. The Kier molecular flexibility index (Phi) is 3.79. The first-order valence-electron chi connectivity index (χ1n) is 7.89. The van der Waals surface area contributed by atoms with Crippen LogP contribution >= 0.6 is 0 Å². The first-order chi connectivity index (χ1) is 11.9. The number of halogens is 1. The lowest BCUT2D eigenvalue weighted by atomic mass is 10.1. The molecule has 118 valence electrons. The zero-order valence-electron chi connectivity index (χ0n) is 13.1. The van der Waals surface area contributed by atoms with Crippen molar-refractivity contribution in [2.45, 2.75) is 6.54 Å². The van der Waals surface area contributed by atoms with Gasteiger partial charge in [0.05, 0.1) is 35.5 Å². The molecule has 0 bridgehead atoms. The molecule has 0 atom stereocenters. The second kappa shape index (κ2) is 6.24. The van der Waals surface area contributed by atoms with Crippen LogP contribution in [0.25, 0.3) is 33.5 Å². The summed E-state index contributed by atoms with van der Waals surface area (Å²) in [4.78, 5) is 9.28. The van der Waals surface area contributed by atoms with Crippen LogP contribution in [0.4, 0.5) is 4.39 Å².